The van der Waals surface area contributed by atoms with Crippen molar-refractivity contribution in [2.45, 2.75) is 70.1 Å². The highest BCUT2D eigenvalue weighted by molar-refractivity contribution is 5.66. The molecular formula is C25H31FN2O. The van der Waals surface area contributed by atoms with Crippen LogP contribution in [0.2, 0.25) is 0 Å². The van der Waals surface area contributed by atoms with Gasteiger partial charge in [-0.25, -0.2) is 4.39 Å². The molecule has 1 saturated heterocycles. The van der Waals surface area contributed by atoms with Gasteiger partial charge in [-0.15, -0.1) is 0 Å². The first-order valence-corrected chi connectivity index (χ1v) is 11.0. The average Bonchev–Trinajstić information content (AvgIpc) is 3.47. The maximum absolute atomic E-state index is 15.2. The Bertz CT molecular complexity index is 942. The highest BCUT2D eigenvalue weighted by atomic mass is 19.1. The quantitative estimate of drug-likeness (QED) is 0.764. The van der Waals surface area contributed by atoms with Crippen LogP contribution in [0, 0.1) is 5.82 Å². The summed E-state index contributed by atoms with van der Waals surface area (Å²) in [6, 6.07) is 13.3. The Morgan fingerprint density at radius 3 is 2.83 bits per heavy atom. The summed E-state index contributed by atoms with van der Waals surface area (Å²) in [5.74, 6) is 1.42. The van der Waals surface area contributed by atoms with Crippen LogP contribution in [0.15, 0.2) is 36.4 Å². The first kappa shape index (κ1) is 18.9. The van der Waals surface area contributed by atoms with E-state index in [1.165, 1.54) is 17.7 Å². The van der Waals surface area contributed by atoms with Gasteiger partial charge in [0, 0.05) is 30.7 Å². The molecule has 2 aromatic rings. The van der Waals surface area contributed by atoms with E-state index >= 15 is 4.39 Å². The van der Waals surface area contributed by atoms with Gasteiger partial charge in [-0.3, -0.25) is 0 Å². The number of benzene rings is 2. The van der Waals surface area contributed by atoms with Crippen LogP contribution in [0.5, 0.6) is 5.75 Å². The number of hydrogen-bond donors (Lipinski definition) is 1. The van der Waals surface area contributed by atoms with E-state index in [0.29, 0.717) is 29.5 Å². The van der Waals surface area contributed by atoms with Crippen molar-refractivity contribution in [1.82, 2.24) is 5.32 Å². The molecule has 2 aliphatic heterocycles. The van der Waals surface area contributed by atoms with Crippen LogP contribution < -0.4 is 15.0 Å². The van der Waals surface area contributed by atoms with Gasteiger partial charge in [0.15, 0.2) is 0 Å². The topological polar surface area (TPSA) is 24.5 Å². The third kappa shape index (κ3) is 3.13. The van der Waals surface area contributed by atoms with E-state index in [0.717, 1.165) is 30.8 Å². The van der Waals surface area contributed by atoms with E-state index in [2.05, 4.69) is 55.3 Å². The van der Waals surface area contributed by atoms with Gasteiger partial charge in [0.25, 0.3) is 0 Å². The summed E-state index contributed by atoms with van der Waals surface area (Å²) in [5.41, 5.74) is 3.45. The molecular weight excluding hydrogens is 363 g/mol. The van der Waals surface area contributed by atoms with Crippen LogP contribution in [0.1, 0.15) is 69.1 Å². The largest absolute Gasteiger partial charge is 0.480 e. The van der Waals surface area contributed by atoms with E-state index in [1.54, 1.807) is 6.07 Å². The van der Waals surface area contributed by atoms with Crippen molar-refractivity contribution >= 4 is 5.69 Å². The summed E-state index contributed by atoms with van der Waals surface area (Å²) in [4.78, 5) is 2.50. The highest BCUT2D eigenvalue weighted by Gasteiger charge is 2.47. The summed E-state index contributed by atoms with van der Waals surface area (Å²) >= 11 is 0. The second kappa shape index (κ2) is 6.73. The van der Waals surface area contributed by atoms with Gasteiger partial charge in [-0.2, -0.15) is 0 Å². The fourth-order valence-corrected chi connectivity index (χ4v) is 5.29. The first-order chi connectivity index (χ1) is 13.9. The van der Waals surface area contributed by atoms with Gasteiger partial charge >= 0.3 is 0 Å². The smallest absolute Gasteiger partial charge is 0.147 e. The number of piperazine rings is 1. The SMILES string of the molecule is CC(C)c1ccc(C2(C)CC(C)c3cccc(N4CCNC5CC54)c3O2)c(F)c1. The van der Waals surface area contributed by atoms with Crippen LogP contribution in [0.25, 0.3) is 0 Å². The lowest BCUT2D eigenvalue weighted by molar-refractivity contribution is 0.0497. The third-order valence-electron chi connectivity index (χ3n) is 7.03. The van der Waals surface area contributed by atoms with Gasteiger partial charge in [-0.05, 0) is 54.9 Å². The molecule has 3 nitrogen and oxygen atoms in total. The molecule has 2 fully saturated rings. The van der Waals surface area contributed by atoms with E-state index < -0.39 is 5.60 Å². The molecule has 2 heterocycles. The minimum Gasteiger partial charge on any atom is -0.480 e. The Morgan fingerprint density at radius 1 is 1.24 bits per heavy atom. The van der Waals surface area contributed by atoms with Gasteiger partial charge in [0.05, 0.1) is 5.69 Å². The Morgan fingerprint density at radius 2 is 2.07 bits per heavy atom. The first-order valence-electron chi connectivity index (χ1n) is 11.0. The maximum Gasteiger partial charge on any atom is 0.147 e. The zero-order valence-corrected chi connectivity index (χ0v) is 17.8. The Hall–Kier alpha value is -2.07. The zero-order valence-electron chi connectivity index (χ0n) is 17.8. The Kier molecular flexibility index (Phi) is 4.39. The van der Waals surface area contributed by atoms with Crippen LogP contribution in [0.4, 0.5) is 10.1 Å². The number of rotatable bonds is 3. The summed E-state index contributed by atoms with van der Waals surface area (Å²) in [6.07, 6.45) is 1.97. The van der Waals surface area contributed by atoms with Crippen LogP contribution in [-0.4, -0.2) is 25.2 Å². The summed E-state index contributed by atoms with van der Waals surface area (Å²) in [6.45, 7) is 10.5. The predicted octanol–water partition coefficient (Wildman–Crippen LogP) is 5.30. The average molecular weight is 395 g/mol. The molecule has 0 aromatic heterocycles. The number of nitrogens with zero attached hydrogens (tertiary/aromatic N) is 1. The standard InChI is InChI=1S/C25H31FN2O/c1-15(2)17-8-9-19(20(26)12-17)25(4)14-16(3)18-6-5-7-22(24(18)29-25)28-11-10-27-21-13-23(21)28/h5-9,12,15-16,21,23,27H,10-11,13-14H2,1-4H3. The molecule has 4 heteroatoms. The Labute approximate surface area is 173 Å². The zero-order chi connectivity index (χ0) is 20.3. The van der Waals surface area contributed by atoms with Crippen molar-refractivity contribution in [2.75, 3.05) is 18.0 Å². The molecule has 0 amide bonds. The molecule has 0 bridgehead atoms. The van der Waals surface area contributed by atoms with Crippen molar-refractivity contribution in [2.24, 2.45) is 0 Å². The number of ether oxygens (including phenoxy) is 1. The van der Waals surface area contributed by atoms with Crippen LogP contribution >= 0.6 is 0 Å². The monoisotopic (exact) mass is 394 g/mol. The second-order valence-corrected chi connectivity index (χ2v) is 9.58. The molecule has 0 radical (unpaired) electrons. The molecule has 4 unspecified atom stereocenters. The number of fused-ring (bicyclic) bond motifs is 2. The lowest BCUT2D eigenvalue weighted by Gasteiger charge is -2.42. The lowest BCUT2D eigenvalue weighted by Crippen LogP contribution is -2.44. The van der Waals surface area contributed by atoms with E-state index in [-0.39, 0.29) is 5.82 Å². The molecule has 3 aliphatic rings. The molecule has 1 aliphatic carbocycles. The maximum atomic E-state index is 15.2. The van der Waals surface area contributed by atoms with Gasteiger partial charge in [0.1, 0.15) is 17.2 Å². The van der Waals surface area contributed by atoms with Gasteiger partial charge in [0.2, 0.25) is 0 Å². The van der Waals surface area contributed by atoms with Crippen molar-refractivity contribution < 1.29 is 9.13 Å². The summed E-state index contributed by atoms with van der Waals surface area (Å²) < 4.78 is 21.9. The third-order valence-corrected chi connectivity index (χ3v) is 7.03. The predicted molar refractivity (Wildman–Crippen MR) is 115 cm³/mol. The molecule has 5 rings (SSSR count). The van der Waals surface area contributed by atoms with Gasteiger partial charge < -0.3 is 15.0 Å². The van der Waals surface area contributed by atoms with Crippen molar-refractivity contribution in [1.29, 1.82) is 0 Å². The molecule has 2 aromatic carbocycles. The minimum absolute atomic E-state index is 0.156. The molecule has 1 N–H and O–H groups in total. The number of nitrogens with one attached hydrogen (secondary N) is 1. The van der Waals surface area contributed by atoms with Crippen molar-refractivity contribution in [3.63, 3.8) is 0 Å². The van der Waals surface area contributed by atoms with Crippen LogP contribution in [-0.2, 0) is 5.60 Å². The second-order valence-electron chi connectivity index (χ2n) is 9.58. The lowest BCUT2D eigenvalue weighted by atomic mass is 9.79. The molecule has 29 heavy (non-hydrogen) atoms. The number of anilines is 1. The molecule has 0 spiro atoms. The minimum atomic E-state index is -0.668. The Balaban J connectivity index is 1.54. The van der Waals surface area contributed by atoms with Crippen molar-refractivity contribution in [3.8, 4) is 5.75 Å². The van der Waals surface area contributed by atoms with E-state index in [1.807, 2.05) is 13.0 Å². The number of hydrogen-bond acceptors (Lipinski definition) is 3. The van der Waals surface area contributed by atoms with Crippen LogP contribution in [0.3, 0.4) is 0 Å². The molecule has 1 saturated carbocycles. The molecule has 4 atom stereocenters. The molecule has 154 valence electrons. The highest BCUT2D eigenvalue weighted by Crippen LogP contribution is 2.51. The normalized spacial score (nSPS) is 30.6. The summed E-state index contributed by atoms with van der Waals surface area (Å²) in [5, 5.41) is 3.58. The summed E-state index contributed by atoms with van der Waals surface area (Å²) in [7, 11) is 0. The van der Waals surface area contributed by atoms with Crippen molar-refractivity contribution in [3.05, 3.63) is 58.9 Å². The van der Waals surface area contributed by atoms with Gasteiger partial charge in [-0.1, -0.05) is 45.0 Å². The fourth-order valence-electron chi connectivity index (χ4n) is 5.29. The fraction of sp³-hybridized carbons (Fsp3) is 0.520. The van der Waals surface area contributed by atoms with E-state index in [9.17, 15) is 0 Å². The number of halogens is 1. The number of para-hydroxylation sites is 1. The van der Waals surface area contributed by atoms with E-state index in [4.69, 9.17) is 4.74 Å².